The van der Waals surface area contributed by atoms with Crippen LogP contribution in [-0.2, 0) is 0 Å². The summed E-state index contributed by atoms with van der Waals surface area (Å²) in [6.45, 7) is 0. The number of para-hydroxylation sites is 2. The summed E-state index contributed by atoms with van der Waals surface area (Å²) in [6.07, 6.45) is 0. The van der Waals surface area contributed by atoms with Gasteiger partial charge in [-0.1, -0.05) is 30.3 Å². The number of nitrogens with zero attached hydrogens (tertiary/aromatic N) is 1. The molecule has 0 bridgehead atoms. The van der Waals surface area contributed by atoms with E-state index < -0.39 is 0 Å². The molecule has 1 N–H and O–H groups in total. The Bertz CT molecular complexity index is 1140. The third kappa shape index (κ3) is 4.38. The highest BCUT2D eigenvalue weighted by molar-refractivity contribution is 7.98. The molecule has 4 rings (SSSR count). The molecule has 3 aromatic carbocycles. The molecule has 0 aliphatic heterocycles. The van der Waals surface area contributed by atoms with Crippen molar-refractivity contribution >= 4 is 34.5 Å². The summed E-state index contributed by atoms with van der Waals surface area (Å²) in [5.41, 5.74) is 1.69. The van der Waals surface area contributed by atoms with Gasteiger partial charge in [-0.2, -0.15) is 0 Å². The number of nitrogens with one attached hydrogen (secondary N) is 1. The zero-order valence-electron chi connectivity index (χ0n) is 16.1. The number of benzene rings is 3. The van der Waals surface area contributed by atoms with Crippen molar-refractivity contribution in [2.75, 3.05) is 19.0 Å². The zero-order valence-corrected chi connectivity index (χ0v) is 16.9. The van der Waals surface area contributed by atoms with Gasteiger partial charge in [0.15, 0.2) is 5.76 Å². The summed E-state index contributed by atoms with van der Waals surface area (Å²) in [7, 11) is 3.92. The van der Waals surface area contributed by atoms with Gasteiger partial charge in [-0.25, -0.2) is 0 Å². The van der Waals surface area contributed by atoms with Crippen molar-refractivity contribution in [1.82, 2.24) is 4.72 Å². The van der Waals surface area contributed by atoms with Crippen LogP contribution in [0.3, 0.4) is 0 Å². The summed E-state index contributed by atoms with van der Waals surface area (Å²) in [4.78, 5) is 15.4. The molecule has 0 fully saturated rings. The highest BCUT2D eigenvalue weighted by atomic mass is 32.2. The smallest absolute Gasteiger partial charge is 0.297 e. The molecular formula is C23H20N2O3S. The van der Waals surface area contributed by atoms with E-state index in [0.717, 1.165) is 21.7 Å². The van der Waals surface area contributed by atoms with Crippen molar-refractivity contribution in [1.29, 1.82) is 0 Å². The lowest BCUT2D eigenvalue weighted by Gasteiger charge is -2.11. The Morgan fingerprint density at radius 2 is 1.72 bits per heavy atom. The number of fused-ring (bicyclic) bond motifs is 1. The lowest BCUT2D eigenvalue weighted by molar-refractivity contribution is 0.0959. The predicted molar refractivity (Wildman–Crippen MR) is 117 cm³/mol. The zero-order chi connectivity index (χ0) is 20.2. The highest BCUT2D eigenvalue weighted by Gasteiger charge is 2.14. The Kier molecular flexibility index (Phi) is 5.44. The fraction of sp³-hybridized carbons (Fsp3) is 0.0870. The van der Waals surface area contributed by atoms with Gasteiger partial charge in [0.05, 0.1) is 4.90 Å². The van der Waals surface area contributed by atoms with Crippen LogP contribution in [0.1, 0.15) is 10.6 Å². The van der Waals surface area contributed by atoms with E-state index in [1.807, 2.05) is 91.8 Å². The van der Waals surface area contributed by atoms with Gasteiger partial charge in [-0.3, -0.25) is 9.52 Å². The average molecular weight is 404 g/mol. The van der Waals surface area contributed by atoms with Gasteiger partial charge < -0.3 is 14.1 Å². The standard InChI is InChI=1S/C23H20N2O3S/c1-25(2)17-13-12-16-14-21(28-20(16)15-17)23(26)24-29-22-11-7-6-10-19(22)27-18-8-4-3-5-9-18/h3-15H,1-2H3,(H,24,26). The first-order valence-electron chi connectivity index (χ1n) is 9.10. The average Bonchev–Trinajstić information content (AvgIpc) is 3.17. The minimum absolute atomic E-state index is 0.268. The molecule has 0 radical (unpaired) electrons. The van der Waals surface area contributed by atoms with Gasteiger partial charge in [0, 0.05) is 31.2 Å². The molecule has 0 aliphatic carbocycles. The van der Waals surface area contributed by atoms with E-state index in [9.17, 15) is 4.79 Å². The van der Waals surface area contributed by atoms with Crippen LogP contribution in [0.4, 0.5) is 5.69 Å². The van der Waals surface area contributed by atoms with Gasteiger partial charge in [0.25, 0.3) is 5.91 Å². The maximum atomic E-state index is 12.6. The molecule has 0 saturated carbocycles. The number of amides is 1. The van der Waals surface area contributed by atoms with Crippen molar-refractivity contribution in [3.05, 3.63) is 84.6 Å². The number of ether oxygens (including phenoxy) is 1. The topological polar surface area (TPSA) is 54.7 Å². The molecule has 0 atom stereocenters. The van der Waals surface area contributed by atoms with E-state index >= 15 is 0 Å². The summed E-state index contributed by atoms with van der Waals surface area (Å²) >= 11 is 1.19. The number of anilines is 1. The van der Waals surface area contributed by atoms with Crippen LogP contribution in [0.25, 0.3) is 11.0 Å². The molecule has 5 nitrogen and oxygen atoms in total. The van der Waals surface area contributed by atoms with Crippen LogP contribution in [0, 0.1) is 0 Å². The fourth-order valence-electron chi connectivity index (χ4n) is 2.80. The molecule has 4 aromatic rings. The molecule has 6 heteroatoms. The summed E-state index contributed by atoms with van der Waals surface area (Å²) < 4.78 is 14.5. The van der Waals surface area contributed by atoms with Crippen LogP contribution in [0.5, 0.6) is 11.5 Å². The van der Waals surface area contributed by atoms with Gasteiger partial charge in [-0.15, -0.1) is 0 Å². The van der Waals surface area contributed by atoms with Crippen LogP contribution >= 0.6 is 11.9 Å². The van der Waals surface area contributed by atoms with Crippen molar-refractivity contribution in [3.8, 4) is 11.5 Å². The Balaban J connectivity index is 1.48. The monoisotopic (exact) mass is 404 g/mol. The molecule has 29 heavy (non-hydrogen) atoms. The van der Waals surface area contributed by atoms with Crippen molar-refractivity contribution < 1.29 is 13.9 Å². The maximum absolute atomic E-state index is 12.6. The minimum Gasteiger partial charge on any atom is -0.456 e. The van der Waals surface area contributed by atoms with Crippen LogP contribution in [-0.4, -0.2) is 20.0 Å². The fourth-order valence-corrected chi connectivity index (χ4v) is 3.46. The summed E-state index contributed by atoms with van der Waals surface area (Å²) in [5.74, 6) is 1.38. The van der Waals surface area contributed by atoms with Gasteiger partial charge >= 0.3 is 0 Å². The van der Waals surface area contributed by atoms with E-state index in [1.54, 1.807) is 6.07 Å². The number of hydrogen-bond donors (Lipinski definition) is 1. The molecular weight excluding hydrogens is 384 g/mol. The van der Waals surface area contributed by atoms with E-state index in [2.05, 4.69) is 4.72 Å². The van der Waals surface area contributed by atoms with Gasteiger partial charge in [0.1, 0.15) is 17.1 Å². The van der Waals surface area contributed by atoms with E-state index in [-0.39, 0.29) is 11.7 Å². The Morgan fingerprint density at radius 1 is 0.966 bits per heavy atom. The predicted octanol–water partition coefficient (Wildman–Crippen LogP) is 5.73. The van der Waals surface area contributed by atoms with Crippen LogP contribution < -0.4 is 14.4 Å². The molecule has 0 saturated heterocycles. The third-order valence-electron chi connectivity index (χ3n) is 4.32. The normalized spacial score (nSPS) is 10.7. The molecule has 146 valence electrons. The molecule has 1 heterocycles. The lowest BCUT2D eigenvalue weighted by atomic mass is 10.2. The number of carbonyl (C=O) groups is 1. The van der Waals surface area contributed by atoms with Crippen molar-refractivity contribution in [2.45, 2.75) is 4.90 Å². The second-order valence-corrected chi connectivity index (χ2v) is 7.47. The number of rotatable bonds is 6. The molecule has 0 unspecified atom stereocenters. The third-order valence-corrected chi connectivity index (χ3v) is 5.16. The second-order valence-electron chi connectivity index (χ2n) is 6.62. The van der Waals surface area contributed by atoms with E-state index in [0.29, 0.717) is 11.3 Å². The first-order valence-corrected chi connectivity index (χ1v) is 9.92. The Labute approximate surface area is 173 Å². The number of carbonyl (C=O) groups excluding carboxylic acids is 1. The first-order chi connectivity index (χ1) is 14.1. The van der Waals surface area contributed by atoms with Crippen LogP contribution in [0.15, 0.2) is 88.2 Å². The molecule has 0 aliphatic rings. The SMILES string of the molecule is CN(C)c1ccc2cc(C(=O)NSc3ccccc3Oc3ccccc3)oc2c1. The van der Waals surface area contributed by atoms with Crippen LogP contribution in [0.2, 0.25) is 0 Å². The molecule has 0 spiro atoms. The summed E-state index contributed by atoms with van der Waals surface area (Å²) in [5, 5.41) is 0.888. The van der Waals surface area contributed by atoms with Crippen molar-refractivity contribution in [2.24, 2.45) is 0 Å². The highest BCUT2D eigenvalue weighted by Crippen LogP contribution is 2.31. The maximum Gasteiger partial charge on any atom is 0.297 e. The number of hydrogen-bond acceptors (Lipinski definition) is 5. The minimum atomic E-state index is -0.299. The Morgan fingerprint density at radius 3 is 2.52 bits per heavy atom. The van der Waals surface area contributed by atoms with Gasteiger partial charge in [-0.05, 0) is 54.4 Å². The van der Waals surface area contributed by atoms with E-state index in [1.165, 1.54) is 11.9 Å². The molecule has 1 amide bonds. The second kappa shape index (κ2) is 8.32. The number of furan rings is 1. The van der Waals surface area contributed by atoms with Crippen molar-refractivity contribution in [3.63, 3.8) is 0 Å². The molecule has 1 aromatic heterocycles. The van der Waals surface area contributed by atoms with E-state index in [4.69, 9.17) is 9.15 Å². The largest absolute Gasteiger partial charge is 0.456 e. The van der Waals surface area contributed by atoms with Gasteiger partial charge in [0.2, 0.25) is 0 Å². The quantitative estimate of drug-likeness (QED) is 0.416. The summed E-state index contributed by atoms with van der Waals surface area (Å²) in [6, 6.07) is 24.7. The lowest BCUT2D eigenvalue weighted by Crippen LogP contribution is -2.14. The Hall–Kier alpha value is -3.38. The first kappa shape index (κ1) is 19.0.